The standard InChI is InChI=1S/C20H16Cl2N2/c21-15-8-6-14(7-9-15)20-18-4-2-1-3-5-19(18)24(23-20)17-12-10-16(22)11-13-17/h1-4,6-13,18-19H,5H2/t18-,19+/m0/s1. The number of anilines is 1. The number of rotatable bonds is 2. The molecule has 2 aliphatic rings. The summed E-state index contributed by atoms with van der Waals surface area (Å²) < 4.78 is 0. The van der Waals surface area contributed by atoms with Crippen molar-refractivity contribution in [2.45, 2.75) is 12.5 Å². The van der Waals surface area contributed by atoms with Crippen LogP contribution in [0.3, 0.4) is 0 Å². The second kappa shape index (κ2) is 6.46. The molecular formula is C20H16Cl2N2. The van der Waals surface area contributed by atoms with Gasteiger partial charge in [-0.05, 0) is 48.4 Å². The Labute approximate surface area is 151 Å². The lowest BCUT2D eigenvalue weighted by Gasteiger charge is -2.25. The van der Waals surface area contributed by atoms with Crippen molar-refractivity contribution in [2.75, 3.05) is 5.01 Å². The Bertz CT molecular complexity index is 820. The summed E-state index contributed by atoms with van der Waals surface area (Å²) in [6.07, 6.45) is 9.60. The molecule has 4 rings (SSSR count). The zero-order valence-electron chi connectivity index (χ0n) is 12.9. The van der Waals surface area contributed by atoms with E-state index in [1.54, 1.807) is 0 Å². The minimum Gasteiger partial charge on any atom is -0.261 e. The predicted octanol–water partition coefficient (Wildman–Crippen LogP) is 5.72. The number of fused-ring (bicyclic) bond motifs is 1. The minimum absolute atomic E-state index is 0.247. The van der Waals surface area contributed by atoms with Crippen LogP contribution in [0.2, 0.25) is 10.0 Å². The normalized spacial score (nSPS) is 22.2. The molecule has 0 amide bonds. The van der Waals surface area contributed by atoms with Crippen LogP contribution in [0.4, 0.5) is 5.69 Å². The van der Waals surface area contributed by atoms with E-state index in [1.165, 1.54) is 0 Å². The van der Waals surface area contributed by atoms with E-state index in [2.05, 4.69) is 29.3 Å². The average molecular weight is 355 g/mol. The Kier molecular flexibility index (Phi) is 4.17. The number of nitrogens with zero attached hydrogens (tertiary/aromatic N) is 2. The first-order valence-electron chi connectivity index (χ1n) is 7.95. The average Bonchev–Trinajstić information content (AvgIpc) is 2.78. The van der Waals surface area contributed by atoms with E-state index in [0.29, 0.717) is 0 Å². The molecule has 1 heterocycles. The van der Waals surface area contributed by atoms with Crippen molar-refractivity contribution in [1.29, 1.82) is 0 Å². The van der Waals surface area contributed by atoms with Crippen molar-refractivity contribution in [1.82, 2.24) is 0 Å². The molecule has 2 atom stereocenters. The molecule has 0 radical (unpaired) electrons. The van der Waals surface area contributed by atoms with E-state index in [0.717, 1.165) is 33.4 Å². The molecule has 2 aromatic rings. The molecule has 2 aromatic carbocycles. The Morgan fingerprint density at radius 2 is 1.54 bits per heavy atom. The van der Waals surface area contributed by atoms with Gasteiger partial charge in [-0.2, -0.15) is 5.10 Å². The largest absolute Gasteiger partial charge is 0.261 e. The number of hydrazone groups is 1. The summed E-state index contributed by atoms with van der Waals surface area (Å²) in [5, 5.41) is 8.54. The van der Waals surface area contributed by atoms with Gasteiger partial charge in [-0.15, -0.1) is 0 Å². The lowest BCUT2D eigenvalue weighted by molar-refractivity contribution is 0.602. The van der Waals surface area contributed by atoms with E-state index >= 15 is 0 Å². The Morgan fingerprint density at radius 1 is 0.875 bits per heavy atom. The highest BCUT2D eigenvalue weighted by molar-refractivity contribution is 6.31. The highest BCUT2D eigenvalue weighted by Crippen LogP contribution is 2.35. The van der Waals surface area contributed by atoms with Gasteiger partial charge in [-0.25, -0.2) is 0 Å². The second-order valence-electron chi connectivity index (χ2n) is 5.96. The Morgan fingerprint density at radius 3 is 2.25 bits per heavy atom. The fourth-order valence-corrected chi connectivity index (χ4v) is 3.50. The molecule has 0 unspecified atom stereocenters. The maximum absolute atomic E-state index is 6.03. The van der Waals surface area contributed by atoms with Gasteiger partial charge in [-0.3, -0.25) is 5.01 Å². The van der Waals surface area contributed by atoms with Crippen LogP contribution in [0.15, 0.2) is 77.9 Å². The van der Waals surface area contributed by atoms with E-state index in [1.807, 2.05) is 48.5 Å². The summed E-state index contributed by atoms with van der Waals surface area (Å²) in [7, 11) is 0. The lowest BCUT2D eigenvalue weighted by atomic mass is 9.90. The summed E-state index contributed by atoms with van der Waals surface area (Å²) in [5.74, 6) is 0.247. The minimum atomic E-state index is 0.247. The Hall–Kier alpha value is -2.03. The van der Waals surface area contributed by atoms with Gasteiger partial charge < -0.3 is 0 Å². The fourth-order valence-electron chi connectivity index (χ4n) is 3.25. The highest BCUT2D eigenvalue weighted by Gasteiger charge is 2.36. The van der Waals surface area contributed by atoms with Crippen LogP contribution in [-0.4, -0.2) is 11.8 Å². The maximum atomic E-state index is 6.03. The van der Waals surface area contributed by atoms with Gasteiger partial charge in [0.15, 0.2) is 0 Å². The van der Waals surface area contributed by atoms with Crippen molar-refractivity contribution >= 4 is 34.6 Å². The number of allylic oxidation sites excluding steroid dienone is 2. The van der Waals surface area contributed by atoms with Crippen LogP contribution >= 0.6 is 23.2 Å². The van der Waals surface area contributed by atoms with Crippen LogP contribution in [0.5, 0.6) is 0 Å². The zero-order chi connectivity index (χ0) is 16.5. The van der Waals surface area contributed by atoms with Gasteiger partial charge in [0.1, 0.15) is 0 Å². The summed E-state index contributed by atoms with van der Waals surface area (Å²) in [5.41, 5.74) is 3.24. The summed E-state index contributed by atoms with van der Waals surface area (Å²) in [4.78, 5) is 0. The van der Waals surface area contributed by atoms with Gasteiger partial charge in [0.2, 0.25) is 0 Å². The lowest BCUT2D eigenvalue weighted by Crippen LogP contribution is -2.31. The van der Waals surface area contributed by atoms with Gasteiger partial charge in [0.05, 0.1) is 17.4 Å². The fraction of sp³-hybridized carbons (Fsp3) is 0.150. The third-order valence-corrected chi connectivity index (χ3v) is 4.94. The molecule has 0 bridgehead atoms. The van der Waals surface area contributed by atoms with Crippen LogP contribution in [-0.2, 0) is 0 Å². The monoisotopic (exact) mass is 354 g/mol. The van der Waals surface area contributed by atoms with Crippen molar-refractivity contribution in [3.8, 4) is 0 Å². The highest BCUT2D eigenvalue weighted by atomic mass is 35.5. The second-order valence-corrected chi connectivity index (χ2v) is 6.83. The van der Waals surface area contributed by atoms with Crippen LogP contribution in [0.1, 0.15) is 12.0 Å². The molecule has 120 valence electrons. The van der Waals surface area contributed by atoms with Gasteiger partial charge in [0.25, 0.3) is 0 Å². The molecular weight excluding hydrogens is 339 g/mol. The molecule has 2 nitrogen and oxygen atoms in total. The third-order valence-electron chi connectivity index (χ3n) is 4.43. The SMILES string of the molecule is Clc1ccc(C2=NN(c3ccc(Cl)cc3)[C@@H]3CC=CC=C[C@H]23)cc1. The third kappa shape index (κ3) is 2.88. The molecule has 1 aliphatic heterocycles. The molecule has 0 aromatic heterocycles. The van der Waals surface area contributed by atoms with E-state index in [-0.39, 0.29) is 12.0 Å². The predicted molar refractivity (Wildman–Crippen MR) is 102 cm³/mol. The molecule has 24 heavy (non-hydrogen) atoms. The van der Waals surface area contributed by atoms with Gasteiger partial charge in [0, 0.05) is 16.0 Å². The number of hydrogen-bond acceptors (Lipinski definition) is 2. The van der Waals surface area contributed by atoms with Crippen molar-refractivity contribution in [3.05, 3.63) is 88.4 Å². The number of hydrogen-bond donors (Lipinski definition) is 0. The van der Waals surface area contributed by atoms with Gasteiger partial charge >= 0.3 is 0 Å². The van der Waals surface area contributed by atoms with Crippen LogP contribution in [0.25, 0.3) is 0 Å². The van der Waals surface area contributed by atoms with Crippen molar-refractivity contribution < 1.29 is 0 Å². The smallest absolute Gasteiger partial charge is 0.0772 e. The van der Waals surface area contributed by atoms with E-state index < -0.39 is 0 Å². The number of benzene rings is 2. The van der Waals surface area contributed by atoms with Gasteiger partial charge in [-0.1, -0.05) is 59.6 Å². The molecule has 1 aliphatic carbocycles. The number of halogens is 2. The van der Waals surface area contributed by atoms with Crippen molar-refractivity contribution in [3.63, 3.8) is 0 Å². The molecule has 4 heteroatoms. The molecule has 0 fully saturated rings. The summed E-state index contributed by atoms with van der Waals surface area (Å²) >= 11 is 12.1. The first-order chi connectivity index (χ1) is 11.7. The van der Waals surface area contributed by atoms with E-state index in [4.69, 9.17) is 28.3 Å². The topological polar surface area (TPSA) is 15.6 Å². The molecule has 0 spiro atoms. The molecule has 0 saturated heterocycles. The van der Waals surface area contributed by atoms with Crippen molar-refractivity contribution in [2.24, 2.45) is 11.0 Å². The molecule has 0 saturated carbocycles. The van der Waals surface area contributed by atoms with Crippen LogP contribution in [0, 0.1) is 5.92 Å². The van der Waals surface area contributed by atoms with Crippen LogP contribution < -0.4 is 5.01 Å². The summed E-state index contributed by atoms with van der Waals surface area (Å²) in [6.45, 7) is 0. The Balaban J connectivity index is 1.77. The quantitative estimate of drug-likeness (QED) is 0.673. The first-order valence-corrected chi connectivity index (χ1v) is 8.70. The summed E-state index contributed by atoms with van der Waals surface area (Å²) in [6, 6.07) is 16.0. The first kappa shape index (κ1) is 15.5. The maximum Gasteiger partial charge on any atom is 0.0772 e. The zero-order valence-corrected chi connectivity index (χ0v) is 14.5. The van der Waals surface area contributed by atoms with E-state index in [9.17, 15) is 0 Å². The molecule has 0 N–H and O–H groups in total.